The van der Waals surface area contributed by atoms with E-state index in [4.69, 9.17) is 4.98 Å². The van der Waals surface area contributed by atoms with Crippen LogP contribution in [0.3, 0.4) is 0 Å². The summed E-state index contributed by atoms with van der Waals surface area (Å²) in [4.78, 5) is 23.3. The lowest BCUT2D eigenvalue weighted by atomic mass is 9.92. The molecule has 5 heteroatoms. The number of pyridine rings is 2. The molecule has 2 aromatic heterocycles. The summed E-state index contributed by atoms with van der Waals surface area (Å²) in [6.07, 6.45) is 10.6. The lowest BCUT2D eigenvalue weighted by Gasteiger charge is -2.19. The van der Waals surface area contributed by atoms with E-state index in [-0.39, 0.29) is 5.91 Å². The second-order valence-electron chi connectivity index (χ2n) is 10.3. The van der Waals surface area contributed by atoms with Gasteiger partial charge in [-0.1, -0.05) is 17.7 Å². The van der Waals surface area contributed by atoms with Gasteiger partial charge in [0.2, 0.25) is 5.91 Å². The fourth-order valence-electron chi connectivity index (χ4n) is 5.24. The summed E-state index contributed by atoms with van der Waals surface area (Å²) in [6.45, 7) is 4.41. The zero-order chi connectivity index (χ0) is 23.4. The molecule has 6 rings (SSSR count). The van der Waals surface area contributed by atoms with E-state index in [1.165, 1.54) is 24.0 Å². The van der Waals surface area contributed by atoms with Gasteiger partial charge in [0.05, 0.1) is 11.3 Å². The van der Waals surface area contributed by atoms with E-state index in [2.05, 4.69) is 29.2 Å². The van der Waals surface area contributed by atoms with E-state index >= 15 is 0 Å². The molecule has 1 aliphatic heterocycles. The van der Waals surface area contributed by atoms with Crippen molar-refractivity contribution in [3.8, 4) is 11.1 Å². The molecule has 2 fully saturated rings. The molecule has 1 saturated carbocycles. The first-order valence-corrected chi connectivity index (χ1v) is 12.2. The highest BCUT2D eigenvalue weighted by Gasteiger charge is 2.35. The Bertz CT molecular complexity index is 1310. The SMILES string of the molecule is CC(C)(O)c1cnc2c(c1)C(c1cncc(-c3ccc(N4CCCC4=O)cc3)c1)=C(C1CC1)C2. The van der Waals surface area contributed by atoms with Crippen LogP contribution in [0.25, 0.3) is 16.7 Å². The van der Waals surface area contributed by atoms with Crippen LogP contribution in [0.15, 0.2) is 60.6 Å². The Morgan fingerprint density at radius 2 is 1.76 bits per heavy atom. The highest BCUT2D eigenvalue weighted by Crippen LogP contribution is 2.48. The van der Waals surface area contributed by atoms with Gasteiger partial charge in [0.1, 0.15) is 0 Å². The molecule has 1 saturated heterocycles. The fourth-order valence-corrected chi connectivity index (χ4v) is 5.24. The normalized spacial score (nSPS) is 18.1. The lowest BCUT2D eigenvalue weighted by Crippen LogP contribution is -2.23. The number of benzene rings is 1. The molecule has 1 amide bonds. The van der Waals surface area contributed by atoms with Gasteiger partial charge in [-0.2, -0.15) is 0 Å². The number of hydrogen-bond acceptors (Lipinski definition) is 4. The quantitative estimate of drug-likeness (QED) is 0.574. The number of amides is 1. The maximum absolute atomic E-state index is 12.1. The molecule has 3 heterocycles. The molecule has 3 aliphatic rings. The van der Waals surface area contributed by atoms with Crippen LogP contribution in [-0.2, 0) is 16.8 Å². The van der Waals surface area contributed by atoms with Crippen molar-refractivity contribution in [1.29, 1.82) is 0 Å². The average molecular weight is 452 g/mol. The van der Waals surface area contributed by atoms with Crippen molar-refractivity contribution in [3.63, 3.8) is 0 Å². The van der Waals surface area contributed by atoms with Crippen molar-refractivity contribution in [1.82, 2.24) is 9.97 Å². The summed E-state index contributed by atoms with van der Waals surface area (Å²) < 4.78 is 0. The van der Waals surface area contributed by atoms with Crippen LogP contribution in [0, 0.1) is 5.92 Å². The summed E-state index contributed by atoms with van der Waals surface area (Å²) in [5.41, 5.74) is 9.01. The van der Waals surface area contributed by atoms with Crippen LogP contribution >= 0.6 is 0 Å². The van der Waals surface area contributed by atoms with Gasteiger partial charge in [-0.05, 0) is 74.4 Å². The summed E-state index contributed by atoms with van der Waals surface area (Å²) >= 11 is 0. The fraction of sp³-hybridized carbons (Fsp3) is 0.345. The predicted molar refractivity (Wildman–Crippen MR) is 133 cm³/mol. The number of hydrogen-bond donors (Lipinski definition) is 1. The topological polar surface area (TPSA) is 66.3 Å². The van der Waals surface area contributed by atoms with Crippen LogP contribution in [0.1, 0.15) is 61.9 Å². The van der Waals surface area contributed by atoms with Gasteiger partial charge in [0, 0.05) is 65.9 Å². The number of fused-ring (bicyclic) bond motifs is 1. The van der Waals surface area contributed by atoms with Crippen LogP contribution in [-0.4, -0.2) is 27.5 Å². The number of carbonyl (C=O) groups excluding carboxylic acids is 1. The summed E-state index contributed by atoms with van der Waals surface area (Å²) in [5, 5.41) is 10.6. The lowest BCUT2D eigenvalue weighted by molar-refractivity contribution is -0.117. The Kier molecular flexibility index (Phi) is 4.92. The molecular weight excluding hydrogens is 422 g/mol. The molecule has 1 aromatic carbocycles. The number of rotatable bonds is 5. The first-order chi connectivity index (χ1) is 16.4. The largest absolute Gasteiger partial charge is 0.386 e. The smallest absolute Gasteiger partial charge is 0.227 e. The first kappa shape index (κ1) is 21.2. The third kappa shape index (κ3) is 3.74. The van der Waals surface area contributed by atoms with Gasteiger partial charge >= 0.3 is 0 Å². The Morgan fingerprint density at radius 3 is 2.44 bits per heavy atom. The molecule has 0 spiro atoms. The Labute approximate surface area is 200 Å². The van der Waals surface area contributed by atoms with Crippen molar-refractivity contribution in [2.75, 3.05) is 11.4 Å². The van der Waals surface area contributed by atoms with Crippen molar-refractivity contribution >= 4 is 17.2 Å². The van der Waals surface area contributed by atoms with Gasteiger partial charge in [0.15, 0.2) is 0 Å². The van der Waals surface area contributed by atoms with Crippen LogP contribution in [0.4, 0.5) is 5.69 Å². The second kappa shape index (κ2) is 7.88. The van der Waals surface area contributed by atoms with Crippen molar-refractivity contribution < 1.29 is 9.90 Å². The Balaban J connectivity index is 1.38. The highest BCUT2D eigenvalue weighted by molar-refractivity contribution is 5.95. The number of allylic oxidation sites excluding steroid dienone is 1. The Hall–Kier alpha value is -3.31. The molecule has 0 bridgehead atoms. The van der Waals surface area contributed by atoms with Gasteiger partial charge in [-0.25, -0.2) is 0 Å². The number of aliphatic hydroxyl groups is 1. The third-order valence-electron chi connectivity index (χ3n) is 7.31. The minimum atomic E-state index is -0.936. The van der Waals surface area contributed by atoms with E-state index < -0.39 is 5.60 Å². The zero-order valence-electron chi connectivity index (χ0n) is 19.7. The van der Waals surface area contributed by atoms with E-state index in [0.29, 0.717) is 12.3 Å². The molecular formula is C29H29N3O2. The van der Waals surface area contributed by atoms with E-state index in [1.807, 2.05) is 35.6 Å². The molecule has 172 valence electrons. The molecule has 0 atom stereocenters. The number of anilines is 1. The first-order valence-electron chi connectivity index (χ1n) is 12.2. The van der Waals surface area contributed by atoms with Crippen LogP contribution < -0.4 is 4.90 Å². The predicted octanol–water partition coefficient (Wildman–Crippen LogP) is 5.27. The zero-order valence-corrected chi connectivity index (χ0v) is 19.7. The van der Waals surface area contributed by atoms with Gasteiger partial charge in [-0.3, -0.25) is 14.8 Å². The molecule has 3 aromatic rings. The number of aromatic nitrogens is 2. The monoisotopic (exact) mass is 451 g/mol. The van der Waals surface area contributed by atoms with Crippen molar-refractivity contribution in [2.45, 2.75) is 51.6 Å². The summed E-state index contributed by atoms with van der Waals surface area (Å²) in [6, 6.07) is 12.5. The standard InChI is InChI=1S/C29H29N3O2/c1-29(2,34)22-13-25-26(31-17-22)14-24(19-5-6-19)28(25)21-12-20(15-30-16-21)18-7-9-23(10-8-18)32-11-3-4-27(32)33/h7-10,12-13,15-17,19,34H,3-6,11,14H2,1-2H3. The second-order valence-corrected chi connectivity index (χ2v) is 10.3. The molecule has 0 unspecified atom stereocenters. The molecule has 2 aliphatic carbocycles. The number of carbonyl (C=O) groups is 1. The average Bonchev–Trinajstić information content (AvgIpc) is 3.48. The molecule has 34 heavy (non-hydrogen) atoms. The maximum Gasteiger partial charge on any atom is 0.227 e. The summed E-state index contributed by atoms with van der Waals surface area (Å²) in [5.74, 6) is 0.825. The minimum absolute atomic E-state index is 0.204. The molecule has 1 N–H and O–H groups in total. The summed E-state index contributed by atoms with van der Waals surface area (Å²) in [7, 11) is 0. The van der Waals surface area contributed by atoms with Gasteiger partial charge in [-0.15, -0.1) is 0 Å². The van der Waals surface area contributed by atoms with E-state index in [9.17, 15) is 9.90 Å². The molecule has 0 radical (unpaired) electrons. The van der Waals surface area contributed by atoms with Crippen molar-refractivity contribution in [3.05, 3.63) is 82.9 Å². The Morgan fingerprint density at radius 1 is 1.00 bits per heavy atom. The van der Waals surface area contributed by atoms with E-state index in [0.717, 1.165) is 58.6 Å². The van der Waals surface area contributed by atoms with E-state index in [1.54, 1.807) is 13.8 Å². The maximum atomic E-state index is 12.1. The van der Waals surface area contributed by atoms with Gasteiger partial charge < -0.3 is 10.0 Å². The van der Waals surface area contributed by atoms with Crippen LogP contribution in [0.2, 0.25) is 0 Å². The third-order valence-corrected chi connectivity index (χ3v) is 7.31. The van der Waals surface area contributed by atoms with Crippen LogP contribution in [0.5, 0.6) is 0 Å². The number of nitrogens with zero attached hydrogens (tertiary/aromatic N) is 3. The van der Waals surface area contributed by atoms with Gasteiger partial charge in [0.25, 0.3) is 0 Å². The minimum Gasteiger partial charge on any atom is -0.386 e. The van der Waals surface area contributed by atoms with Crippen molar-refractivity contribution in [2.24, 2.45) is 5.92 Å². The highest BCUT2D eigenvalue weighted by atomic mass is 16.3. The molecule has 5 nitrogen and oxygen atoms in total.